The Balaban J connectivity index is 2.24. The van der Waals surface area contributed by atoms with Crippen LogP contribution >= 0.6 is 15.9 Å². The van der Waals surface area contributed by atoms with Crippen molar-refractivity contribution < 1.29 is 13.6 Å². The van der Waals surface area contributed by atoms with Crippen LogP contribution in [0.4, 0.5) is 8.78 Å². The third-order valence-corrected chi connectivity index (χ3v) is 3.16. The first-order valence-corrected chi connectivity index (χ1v) is 5.93. The Kier molecular flexibility index (Phi) is 3.81. The Hall–Kier alpha value is -1.62. The molecule has 0 bridgehead atoms. The van der Waals surface area contributed by atoms with Crippen LogP contribution in [-0.4, -0.2) is 10.8 Å². The quantitative estimate of drug-likeness (QED) is 0.811. The molecule has 0 aliphatic carbocycles. The number of Topliss-reactive ketones (excluding diaryl/α,β-unsaturated/α-hetero) is 1. The largest absolute Gasteiger partial charge is 0.294 e. The third-order valence-electron chi connectivity index (χ3n) is 2.39. The van der Waals surface area contributed by atoms with Crippen molar-refractivity contribution >= 4 is 21.7 Å². The number of aromatic nitrogens is 1. The molecule has 2 aromatic rings. The van der Waals surface area contributed by atoms with Crippen LogP contribution in [0.5, 0.6) is 0 Å². The Morgan fingerprint density at radius 2 is 1.94 bits per heavy atom. The summed E-state index contributed by atoms with van der Waals surface area (Å²) in [4.78, 5) is 15.5. The van der Waals surface area contributed by atoms with Crippen LogP contribution < -0.4 is 0 Å². The van der Waals surface area contributed by atoms with Gasteiger partial charge in [-0.05, 0) is 29.8 Å². The van der Waals surface area contributed by atoms with Crippen molar-refractivity contribution in [3.05, 3.63) is 63.9 Å². The Labute approximate surface area is 111 Å². The summed E-state index contributed by atoms with van der Waals surface area (Å²) in [5.74, 6) is -1.30. The molecule has 0 N–H and O–H groups in total. The summed E-state index contributed by atoms with van der Waals surface area (Å²) in [5.41, 5.74) is 0.690. The lowest BCUT2D eigenvalue weighted by molar-refractivity contribution is 0.0992. The molecule has 0 saturated carbocycles. The van der Waals surface area contributed by atoms with Gasteiger partial charge in [-0.2, -0.15) is 0 Å². The van der Waals surface area contributed by atoms with Gasteiger partial charge in [-0.15, -0.1) is 0 Å². The zero-order valence-electron chi connectivity index (χ0n) is 9.16. The highest BCUT2D eigenvalue weighted by molar-refractivity contribution is 9.10. The number of pyridine rings is 1. The second-order valence-corrected chi connectivity index (χ2v) is 4.58. The highest BCUT2D eigenvalue weighted by atomic mass is 79.9. The van der Waals surface area contributed by atoms with Crippen LogP contribution in [0.2, 0.25) is 0 Å². The van der Waals surface area contributed by atoms with Gasteiger partial charge in [-0.1, -0.05) is 15.9 Å². The monoisotopic (exact) mass is 311 g/mol. The van der Waals surface area contributed by atoms with Gasteiger partial charge in [0.1, 0.15) is 11.6 Å². The average molecular weight is 312 g/mol. The molecule has 1 heterocycles. The Morgan fingerprint density at radius 3 is 2.67 bits per heavy atom. The molecule has 0 radical (unpaired) electrons. The van der Waals surface area contributed by atoms with E-state index in [2.05, 4.69) is 20.9 Å². The van der Waals surface area contributed by atoms with E-state index in [1.807, 2.05) is 0 Å². The summed E-state index contributed by atoms with van der Waals surface area (Å²) < 4.78 is 26.6. The van der Waals surface area contributed by atoms with Crippen LogP contribution in [0, 0.1) is 11.6 Å². The number of carbonyl (C=O) groups excluding carboxylic acids is 1. The van der Waals surface area contributed by atoms with E-state index < -0.39 is 11.6 Å². The van der Waals surface area contributed by atoms with Crippen molar-refractivity contribution in [1.29, 1.82) is 0 Å². The molecular formula is C13H8BrF2NO. The minimum Gasteiger partial charge on any atom is -0.294 e. The summed E-state index contributed by atoms with van der Waals surface area (Å²) in [7, 11) is 0. The summed E-state index contributed by atoms with van der Waals surface area (Å²) in [6, 6.07) is 5.21. The molecular weight excluding hydrogens is 304 g/mol. The summed E-state index contributed by atoms with van der Waals surface area (Å²) in [6.07, 6.45) is 2.30. The summed E-state index contributed by atoms with van der Waals surface area (Å²) in [5, 5.41) is 0. The number of nitrogens with zero attached hydrogens (tertiary/aromatic N) is 1. The van der Waals surface area contributed by atoms with Gasteiger partial charge in [0, 0.05) is 22.7 Å². The Morgan fingerprint density at radius 1 is 1.17 bits per heavy atom. The molecule has 0 atom stereocenters. The normalized spacial score (nSPS) is 10.4. The van der Waals surface area contributed by atoms with Gasteiger partial charge in [-0.3, -0.25) is 9.78 Å². The second-order valence-electron chi connectivity index (χ2n) is 3.73. The fraction of sp³-hybridized carbons (Fsp3) is 0.0769. The molecule has 0 aliphatic rings. The van der Waals surface area contributed by atoms with Crippen molar-refractivity contribution in [3.8, 4) is 0 Å². The summed E-state index contributed by atoms with van der Waals surface area (Å²) in [6.45, 7) is 0. The highest BCUT2D eigenvalue weighted by Crippen LogP contribution is 2.19. The first-order valence-electron chi connectivity index (χ1n) is 5.14. The van der Waals surface area contributed by atoms with Crippen LogP contribution in [0.25, 0.3) is 0 Å². The van der Waals surface area contributed by atoms with Crippen LogP contribution in [-0.2, 0) is 6.42 Å². The fourth-order valence-corrected chi connectivity index (χ4v) is 1.90. The van der Waals surface area contributed by atoms with Crippen molar-refractivity contribution in [2.75, 3.05) is 0 Å². The molecule has 5 heteroatoms. The molecule has 2 nitrogen and oxygen atoms in total. The van der Waals surface area contributed by atoms with Gasteiger partial charge in [0.15, 0.2) is 5.78 Å². The number of hydrogen-bond donors (Lipinski definition) is 0. The van der Waals surface area contributed by atoms with Gasteiger partial charge < -0.3 is 0 Å². The molecule has 1 aromatic heterocycles. The smallest absolute Gasteiger partial charge is 0.168 e. The molecule has 0 amide bonds. The number of benzene rings is 1. The molecule has 0 saturated heterocycles. The van der Waals surface area contributed by atoms with E-state index in [1.54, 1.807) is 0 Å². The first kappa shape index (κ1) is 12.8. The first-order chi connectivity index (χ1) is 8.56. The van der Waals surface area contributed by atoms with Crippen molar-refractivity contribution in [3.63, 3.8) is 0 Å². The number of ketones is 1. The van der Waals surface area contributed by atoms with Gasteiger partial charge in [0.25, 0.3) is 0 Å². The van der Waals surface area contributed by atoms with Crippen LogP contribution in [0.1, 0.15) is 15.9 Å². The lowest BCUT2D eigenvalue weighted by atomic mass is 10.0. The molecule has 0 aliphatic heterocycles. The van der Waals surface area contributed by atoms with Gasteiger partial charge in [-0.25, -0.2) is 8.78 Å². The Bertz CT molecular complexity index is 601. The predicted octanol–water partition coefficient (Wildman–Crippen LogP) is 3.55. The van der Waals surface area contributed by atoms with E-state index in [0.29, 0.717) is 10.0 Å². The zero-order valence-corrected chi connectivity index (χ0v) is 10.7. The standard InChI is InChI=1S/C13H8BrF2NO/c14-12-2-1-10(15)3-8(12)5-13(18)9-4-11(16)7-17-6-9/h1-4,6-7H,5H2. The second kappa shape index (κ2) is 5.35. The molecule has 2 rings (SSSR count). The predicted molar refractivity (Wildman–Crippen MR) is 66.3 cm³/mol. The number of halogens is 3. The molecule has 92 valence electrons. The minimum atomic E-state index is -0.570. The van der Waals surface area contributed by atoms with E-state index in [0.717, 1.165) is 12.3 Å². The van der Waals surface area contributed by atoms with Crippen molar-refractivity contribution in [1.82, 2.24) is 4.98 Å². The fourth-order valence-electron chi connectivity index (χ4n) is 1.52. The van der Waals surface area contributed by atoms with Crippen molar-refractivity contribution in [2.24, 2.45) is 0 Å². The lowest BCUT2D eigenvalue weighted by Gasteiger charge is -2.04. The average Bonchev–Trinajstić information content (AvgIpc) is 2.34. The molecule has 0 spiro atoms. The molecule has 0 fully saturated rings. The minimum absolute atomic E-state index is 0.0104. The van der Waals surface area contributed by atoms with E-state index in [4.69, 9.17) is 0 Å². The van der Waals surface area contributed by atoms with Gasteiger partial charge >= 0.3 is 0 Å². The van der Waals surface area contributed by atoms with Crippen molar-refractivity contribution in [2.45, 2.75) is 6.42 Å². The topological polar surface area (TPSA) is 30.0 Å². The summed E-state index contributed by atoms with van der Waals surface area (Å²) >= 11 is 3.24. The molecule has 1 aromatic carbocycles. The van der Waals surface area contributed by atoms with E-state index in [-0.39, 0.29) is 17.8 Å². The van der Waals surface area contributed by atoms with Crippen LogP contribution in [0.3, 0.4) is 0 Å². The SMILES string of the molecule is O=C(Cc1cc(F)ccc1Br)c1cncc(F)c1. The van der Waals surface area contributed by atoms with E-state index in [1.165, 1.54) is 24.4 Å². The van der Waals surface area contributed by atoms with Gasteiger partial charge in [0.2, 0.25) is 0 Å². The molecule has 0 unspecified atom stereocenters. The van der Waals surface area contributed by atoms with Gasteiger partial charge in [0.05, 0.1) is 6.20 Å². The van der Waals surface area contributed by atoms with E-state index >= 15 is 0 Å². The maximum absolute atomic E-state index is 13.1. The maximum Gasteiger partial charge on any atom is 0.168 e. The maximum atomic E-state index is 13.1. The third kappa shape index (κ3) is 2.98. The number of carbonyl (C=O) groups is 1. The zero-order chi connectivity index (χ0) is 13.1. The number of rotatable bonds is 3. The van der Waals surface area contributed by atoms with E-state index in [9.17, 15) is 13.6 Å². The van der Waals surface area contributed by atoms with Crippen LogP contribution in [0.15, 0.2) is 41.1 Å². The highest BCUT2D eigenvalue weighted by Gasteiger charge is 2.11. The lowest BCUT2D eigenvalue weighted by Crippen LogP contribution is -2.05. The number of hydrogen-bond acceptors (Lipinski definition) is 2. The molecule has 18 heavy (non-hydrogen) atoms.